The fourth-order valence-electron chi connectivity index (χ4n) is 2.10. The third-order valence-corrected chi connectivity index (χ3v) is 3.94. The average Bonchev–Trinajstić information content (AvgIpc) is 2.55. The lowest BCUT2D eigenvalue weighted by Gasteiger charge is -2.08. The van der Waals surface area contributed by atoms with Crippen LogP contribution in [0.4, 0.5) is 11.5 Å². The summed E-state index contributed by atoms with van der Waals surface area (Å²) in [7, 11) is 0. The zero-order valence-electron chi connectivity index (χ0n) is 13.5. The first kappa shape index (κ1) is 17.3. The van der Waals surface area contributed by atoms with Crippen LogP contribution < -0.4 is 10.6 Å². The van der Waals surface area contributed by atoms with E-state index in [1.165, 1.54) is 0 Å². The van der Waals surface area contributed by atoms with Gasteiger partial charge in [0.25, 0.3) is 5.91 Å². The number of pyridine rings is 1. The number of aryl methyl sites for hydroxylation is 1. The number of nitrogens with one attached hydrogen (secondary N) is 2. The van der Waals surface area contributed by atoms with E-state index in [9.17, 15) is 4.79 Å². The molecule has 0 aliphatic heterocycles. The van der Waals surface area contributed by atoms with E-state index in [2.05, 4.69) is 22.5 Å². The highest BCUT2D eigenvalue weighted by molar-refractivity contribution is 6.31. The zero-order valence-corrected chi connectivity index (χ0v) is 14.3. The van der Waals surface area contributed by atoms with Crippen LogP contribution in [0.25, 0.3) is 0 Å². The minimum Gasteiger partial charge on any atom is -0.352 e. The van der Waals surface area contributed by atoms with Gasteiger partial charge in [-0.15, -0.1) is 0 Å². The van der Waals surface area contributed by atoms with Crippen LogP contribution in [0.1, 0.15) is 42.1 Å². The van der Waals surface area contributed by atoms with E-state index in [0.717, 1.165) is 30.5 Å². The van der Waals surface area contributed by atoms with Crippen LogP contribution in [-0.4, -0.2) is 17.4 Å². The molecule has 2 N–H and O–H groups in total. The fraction of sp³-hybridized carbons (Fsp3) is 0.333. The number of unbranched alkanes of at least 4 members (excludes halogenated alkanes) is 2. The van der Waals surface area contributed by atoms with E-state index >= 15 is 0 Å². The Kier molecular flexibility index (Phi) is 6.41. The molecule has 23 heavy (non-hydrogen) atoms. The second kappa shape index (κ2) is 8.53. The summed E-state index contributed by atoms with van der Waals surface area (Å²) in [5, 5.41) is 6.78. The maximum Gasteiger partial charge on any atom is 0.252 e. The topological polar surface area (TPSA) is 54.0 Å². The third-order valence-electron chi connectivity index (χ3n) is 3.54. The molecule has 0 radical (unpaired) electrons. The van der Waals surface area contributed by atoms with Gasteiger partial charge in [0, 0.05) is 23.5 Å². The van der Waals surface area contributed by atoms with E-state index in [-0.39, 0.29) is 5.91 Å². The molecule has 1 aromatic heterocycles. The number of aromatic nitrogens is 1. The van der Waals surface area contributed by atoms with Crippen LogP contribution in [0.2, 0.25) is 5.02 Å². The highest BCUT2D eigenvalue weighted by atomic mass is 35.5. The summed E-state index contributed by atoms with van der Waals surface area (Å²) in [5.74, 6) is 0.589. The predicted octanol–water partition coefficient (Wildman–Crippen LogP) is 4.71. The molecule has 2 aromatic rings. The molecule has 0 bridgehead atoms. The van der Waals surface area contributed by atoms with Gasteiger partial charge in [-0.2, -0.15) is 0 Å². The summed E-state index contributed by atoms with van der Waals surface area (Å²) in [6.45, 7) is 4.80. The number of carbonyl (C=O) groups is 1. The molecule has 1 aromatic carbocycles. The molecule has 1 amide bonds. The molecule has 0 spiro atoms. The van der Waals surface area contributed by atoms with Crippen molar-refractivity contribution in [3.05, 3.63) is 52.7 Å². The van der Waals surface area contributed by atoms with Gasteiger partial charge in [0.2, 0.25) is 0 Å². The number of halogens is 1. The van der Waals surface area contributed by atoms with Gasteiger partial charge in [0.1, 0.15) is 5.82 Å². The van der Waals surface area contributed by atoms with Crippen molar-refractivity contribution in [1.82, 2.24) is 10.3 Å². The minimum atomic E-state index is -0.0847. The Bertz CT molecular complexity index is 656. The highest BCUT2D eigenvalue weighted by Gasteiger charge is 2.06. The largest absolute Gasteiger partial charge is 0.352 e. The van der Waals surface area contributed by atoms with Crippen molar-refractivity contribution in [3.63, 3.8) is 0 Å². The maximum atomic E-state index is 12.0. The monoisotopic (exact) mass is 331 g/mol. The van der Waals surface area contributed by atoms with Gasteiger partial charge in [0.15, 0.2) is 0 Å². The molecule has 0 aliphatic carbocycles. The first-order chi connectivity index (χ1) is 11.1. The van der Waals surface area contributed by atoms with Crippen LogP contribution in [-0.2, 0) is 0 Å². The van der Waals surface area contributed by atoms with E-state index in [1.807, 2.05) is 25.1 Å². The van der Waals surface area contributed by atoms with Gasteiger partial charge in [-0.1, -0.05) is 37.4 Å². The normalized spacial score (nSPS) is 10.4. The SMILES string of the molecule is CCCCCNC(=O)c1ccc(Nc2ccc(C)c(Cl)c2)nc1. The Balaban J connectivity index is 1.93. The third kappa shape index (κ3) is 5.25. The van der Waals surface area contributed by atoms with Crippen molar-refractivity contribution in [3.8, 4) is 0 Å². The van der Waals surface area contributed by atoms with Gasteiger partial charge >= 0.3 is 0 Å². The van der Waals surface area contributed by atoms with Crippen LogP contribution in [0.3, 0.4) is 0 Å². The van der Waals surface area contributed by atoms with E-state index in [1.54, 1.807) is 18.3 Å². The highest BCUT2D eigenvalue weighted by Crippen LogP contribution is 2.22. The molecule has 122 valence electrons. The van der Waals surface area contributed by atoms with E-state index in [0.29, 0.717) is 22.9 Å². The first-order valence-corrected chi connectivity index (χ1v) is 8.25. The predicted molar refractivity (Wildman–Crippen MR) is 95.6 cm³/mol. The Hall–Kier alpha value is -2.07. The fourth-order valence-corrected chi connectivity index (χ4v) is 2.28. The number of rotatable bonds is 7. The number of carbonyl (C=O) groups excluding carboxylic acids is 1. The van der Waals surface area contributed by atoms with E-state index < -0.39 is 0 Å². The van der Waals surface area contributed by atoms with Crippen LogP contribution in [0.15, 0.2) is 36.5 Å². The summed E-state index contributed by atoms with van der Waals surface area (Å²) in [6, 6.07) is 9.29. The number of amides is 1. The van der Waals surface area contributed by atoms with E-state index in [4.69, 9.17) is 11.6 Å². The van der Waals surface area contributed by atoms with Crippen molar-refractivity contribution >= 4 is 29.0 Å². The van der Waals surface area contributed by atoms with Crippen molar-refractivity contribution in [2.75, 3.05) is 11.9 Å². The zero-order chi connectivity index (χ0) is 16.7. The lowest BCUT2D eigenvalue weighted by Crippen LogP contribution is -2.24. The first-order valence-electron chi connectivity index (χ1n) is 7.87. The van der Waals surface area contributed by atoms with Crippen molar-refractivity contribution in [1.29, 1.82) is 0 Å². The summed E-state index contributed by atoms with van der Waals surface area (Å²) >= 11 is 6.10. The smallest absolute Gasteiger partial charge is 0.252 e. The molecule has 0 saturated carbocycles. The second-order valence-corrected chi connectivity index (χ2v) is 5.89. The van der Waals surface area contributed by atoms with Crippen molar-refractivity contribution < 1.29 is 4.79 Å². The van der Waals surface area contributed by atoms with Crippen LogP contribution in [0, 0.1) is 6.92 Å². The minimum absolute atomic E-state index is 0.0847. The van der Waals surface area contributed by atoms with Gasteiger partial charge in [-0.3, -0.25) is 4.79 Å². The van der Waals surface area contributed by atoms with Crippen molar-refractivity contribution in [2.45, 2.75) is 33.1 Å². The van der Waals surface area contributed by atoms with Gasteiger partial charge in [0.05, 0.1) is 5.56 Å². The standard InChI is InChI=1S/C18H22ClN3O/c1-3-4-5-10-20-18(23)14-7-9-17(21-12-14)22-15-8-6-13(2)16(19)11-15/h6-9,11-12H,3-5,10H2,1-2H3,(H,20,23)(H,21,22). The number of nitrogens with zero attached hydrogens (tertiary/aromatic N) is 1. The van der Waals surface area contributed by atoms with Crippen LogP contribution >= 0.6 is 11.6 Å². The molecular weight excluding hydrogens is 310 g/mol. The summed E-state index contributed by atoms with van der Waals surface area (Å²) in [4.78, 5) is 16.2. The Morgan fingerprint density at radius 3 is 2.70 bits per heavy atom. The molecule has 0 unspecified atom stereocenters. The lowest BCUT2D eigenvalue weighted by molar-refractivity contribution is 0.0952. The second-order valence-electron chi connectivity index (χ2n) is 5.48. The van der Waals surface area contributed by atoms with Gasteiger partial charge < -0.3 is 10.6 Å². The Morgan fingerprint density at radius 2 is 2.04 bits per heavy atom. The quantitative estimate of drug-likeness (QED) is 0.722. The molecule has 0 fully saturated rings. The van der Waals surface area contributed by atoms with Gasteiger partial charge in [-0.25, -0.2) is 4.98 Å². The van der Waals surface area contributed by atoms with Crippen molar-refractivity contribution in [2.24, 2.45) is 0 Å². The Morgan fingerprint density at radius 1 is 1.22 bits per heavy atom. The molecule has 1 heterocycles. The average molecular weight is 332 g/mol. The lowest BCUT2D eigenvalue weighted by atomic mass is 10.2. The summed E-state index contributed by atoms with van der Waals surface area (Å²) < 4.78 is 0. The Labute approximate surface area is 142 Å². The molecule has 0 aliphatic rings. The number of anilines is 2. The molecule has 2 rings (SSSR count). The molecular formula is C18H22ClN3O. The van der Waals surface area contributed by atoms with Gasteiger partial charge in [-0.05, 0) is 43.2 Å². The summed E-state index contributed by atoms with van der Waals surface area (Å²) in [5.41, 5.74) is 2.46. The molecule has 0 atom stereocenters. The number of hydrogen-bond donors (Lipinski definition) is 2. The molecule has 0 saturated heterocycles. The number of hydrogen-bond acceptors (Lipinski definition) is 3. The molecule has 5 heteroatoms. The molecule has 4 nitrogen and oxygen atoms in total. The van der Waals surface area contributed by atoms with Crippen LogP contribution in [0.5, 0.6) is 0 Å². The maximum absolute atomic E-state index is 12.0. The number of benzene rings is 1. The summed E-state index contributed by atoms with van der Waals surface area (Å²) in [6.07, 6.45) is 4.85.